The van der Waals surface area contributed by atoms with Gasteiger partial charge in [-0.3, -0.25) is 0 Å². The zero-order valence-corrected chi connectivity index (χ0v) is 12.7. The minimum absolute atomic E-state index is 0.278. The van der Waals surface area contributed by atoms with E-state index in [2.05, 4.69) is 15.3 Å². The molecule has 0 saturated carbocycles. The number of rotatable bonds is 3. The Bertz CT molecular complexity index is 971. The van der Waals surface area contributed by atoms with Crippen molar-refractivity contribution in [1.82, 2.24) is 19.8 Å². The number of benzene rings is 2. The van der Waals surface area contributed by atoms with Gasteiger partial charge < -0.3 is 0 Å². The van der Waals surface area contributed by atoms with E-state index in [0.717, 1.165) is 16.1 Å². The van der Waals surface area contributed by atoms with E-state index >= 15 is 0 Å². The molecule has 112 valence electrons. The second-order valence-corrected chi connectivity index (χ2v) is 5.90. The van der Waals surface area contributed by atoms with E-state index in [-0.39, 0.29) is 5.82 Å². The second-order valence-electron chi connectivity index (χ2n) is 4.91. The zero-order chi connectivity index (χ0) is 15.6. The molecule has 0 aliphatic carbocycles. The van der Waals surface area contributed by atoms with Crippen LogP contribution in [0, 0.1) is 5.82 Å². The summed E-state index contributed by atoms with van der Waals surface area (Å²) < 4.78 is 14.7. The molecule has 0 bridgehead atoms. The molecule has 23 heavy (non-hydrogen) atoms. The lowest BCUT2D eigenvalue weighted by Crippen LogP contribution is -1.90. The summed E-state index contributed by atoms with van der Waals surface area (Å²) in [5, 5.41) is 13.6. The molecule has 0 fully saturated rings. The van der Waals surface area contributed by atoms with Crippen molar-refractivity contribution in [1.29, 1.82) is 0 Å². The molecule has 0 N–H and O–H groups in total. The van der Waals surface area contributed by atoms with Crippen molar-refractivity contribution < 1.29 is 4.39 Å². The number of fused-ring (bicyclic) bond motifs is 1. The van der Waals surface area contributed by atoms with Crippen LogP contribution in [0.1, 0.15) is 10.6 Å². The van der Waals surface area contributed by atoms with E-state index in [1.807, 2.05) is 42.5 Å². The van der Waals surface area contributed by atoms with Gasteiger partial charge in [-0.05, 0) is 35.9 Å². The van der Waals surface area contributed by atoms with Crippen LogP contribution in [0.5, 0.6) is 0 Å². The number of aromatic nitrogens is 4. The molecule has 2 heterocycles. The molecule has 4 aromatic rings. The van der Waals surface area contributed by atoms with Gasteiger partial charge in [0.15, 0.2) is 5.82 Å². The van der Waals surface area contributed by atoms with Gasteiger partial charge in [-0.2, -0.15) is 9.61 Å². The van der Waals surface area contributed by atoms with Crippen molar-refractivity contribution in [3.8, 4) is 11.4 Å². The molecule has 2 aromatic carbocycles. The third-order valence-corrected chi connectivity index (χ3v) is 4.19. The van der Waals surface area contributed by atoms with Gasteiger partial charge in [-0.15, -0.1) is 10.2 Å². The highest BCUT2D eigenvalue weighted by Gasteiger charge is 2.12. The molecule has 0 aliphatic heterocycles. The summed E-state index contributed by atoms with van der Waals surface area (Å²) in [6, 6.07) is 16.2. The van der Waals surface area contributed by atoms with Crippen molar-refractivity contribution in [2.75, 3.05) is 0 Å². The molecule has 6 heteroatoms. The van der Waals surface area contributed by atoms with Crippen LogP contribution < -0.4 is 0 Å². The number of nitrogens with zero attached hydrogens (tertiary/aromatic N) is 4. The van der Waals surface area contributed by atoms with Crippen molar-refractivity contribution in [3.05, 3.63) is 71.0 Å². The fourth-order valence-corrected chi connectivity index (χ4v) is 2.95. The first kappa shape index (κ1) is 13.8. The van der Waals surface area contributed by atoms with Crippen molar-refractivity contribution in [3.63, 3.8) is 0 Å². The molecule has 0 atom stereocenters. The molecule has 0 unspecified atom stereocenters. The smallest absolute Gasteiger partial charge is 0.207 e. The van der Waals surface area contributed by atoms with E-state index in [1.165, 1.54) is 23.5 Å². The average molecular weight is 322 g/mol. The summed E-state index contributed by atoms with van der Waals surface area (Å²) in [6.45, 7) is 0. The lowest BCUT2D eigenvalue weighted by Gasteiger charge is -1.96. The van der Waals surface area contributed by atoms with Gasteiger partial charge in [0.05, 0.1) is 0 Å². The van der Waals surface area contributed by atoms with E-state index in [0.29, 0.717) is 10.8 Å². The van der Waals surface area contributed by atoms with Crippen molar-refractivity contribution in [2.24, 2.45) is 0 Å². The summed E-state index contributed by atoms with van der Waals surface area (Å²) in [5.41, 5.74) is 1.89. The van der Waals surface area contributed by atoms with E-state index < -0.39 is 0 Å². The Morgan fingerprint density at radius 2 is 1.70 bits per heavy atom. The highest BCUT2D eigenvalue weighted by atomic mass is 32.1. The summed E-state index contributed by atoms with van der Waals surface area (Å²) in [6.07, 6.45) is 3.95. The van der Waals surface area contributed by atoms with Crippen LogP contribution in [0.25, 0.3) is 28.5 Å². The van der Waals surface area contributed by atoms with Crippen LogP contribution >= 0.6 is 11.3 Å². The zero-order valence-electron chi connectivity index (χ0n) is 11.9. The first-order valence-electron chi connectivity index (χ1n) is 7.01. The highest BCUT2D eigenvalue weighted by Crippen LogP contribution is 2.22. The Hall–Kier alpha value is -2.86. The number of hydrogen-bond donors (Lipinski definition) is 0. The SMILES string of the molecule is Fc1ccc(-c2nnc3sc(C=Cc4ccccc4)nn23)cc1. The monoisotopic (exact) mass is 322 g/mol. The molecule has 0 aliphatic rings. The largest absolute Gasteiger partial charge is 0.235 e. The molecular weight excluding hydrogens is 311 g/mol. The van der Waals surface area contributed by atoms with Gasteiger partial charge in [0.1, 0.15) is 10.8 Å². The lowest BCUT2D eigenvalue weighted by molar-refractivity contribution is 0.628. The predicted molar refractivity (Wildman–Crippen MR) is 89.4 cm³/mol. The maximum atomic E-state index is 13.0. The minimum Gasteiger partial charge on any atom is -0.207 e. The molecule has 4 nitrogen and oxygen atoms in total. The van der Waals surface area contributed by atoms with E-state index in [1.54, 1.807) is 16.6 Å². The van der Waals surface area contributed by atoms with Crippen LogP contribution in [-0.2, 0) is 0 Å². The average Bonchev–Trinajstić information content (AvgIpc) is 3.15. The number of halogens is 1. The molecule has 0 radical (unpaired) electrons. The summed E-state index contributed by atoms with van der Waals surface area (Å²) in [7, 11) is 0. The van der Waals surface area contributed by atoms with Crippen LogP contribution in [0.4, 0.5) is 4.39 Å². The van der Waals surface area contributed by atoms with Crippen LogP contribution in [-0.4, -0.2) is 19.8 Å². The third kappa shape index (κ3) is 2.76. The normalized spacial score (nSPS) is 11.5. The molecule has 4 rings (SSSR count). The minimum atomic E-state index is -0.278. The first-order chi connectivity index (χ1) is 11.3. The Morgan fingerprint density at radius 3 is 2.48 bits per heavy atom. The fraction of sp³-hybridized carbons (Fsp3) is 0. The van der Waals surface area contributed by atoms with Gasteiger partial charge in [-0.25, -0.2) is 4.39 Å². The summed E-state index contributed by atoms with van der Waals surface area (Å²) >= 11 is 1.45. The summed E-state index contributed by atoms with van der Waals surface area (Å²) in [4.78, 5) is 0.706. The van der Waals surface area contributed by atoms with Crippen LogP contribution in [0.3, 0.4) is 0 Å². The molecule has 0 spiro atoms. The van der Waals surface area contributed by atoms with E-state index in [9.17, 15) is 4.39 Å². The van der Waals surface area contributed by atoms with E-state index in [4.69, 9.17) is 0 Å². The molecular formula is C17H11FN4S. The molecule has 2 aromatic heterocycles. The van der Waals surface area contributed by atoms with Gasteiger partial charge in [0.2, 0.25) is 4.96 Å². The van der Waals surface area contributed by atoms with Gasteiger partial charge in [0, 0.05) is 5.56 Å². The second kappa shape index (κ2) is 5.73. The Morgan fingerprint density at radius 1 is 0.913 bits per heavy atom. The Balaban J connectivity index is 1.69. The van der Waals surface area contributed by atoms with Crippen LogP contribution in [0.15, 0.2) is 54.6 Å². The first-order valence-corrected chi connectivity index (χ1v) is 7.82. The maximum absolute atomic E-state index is 13.0. The van der Waals surface area contributed by atoms with Crippen molar-refractivity contribution in [2.45, 2.75) is 0 Å². The Kier molecular flexibility index (Phi) is 3.44. The quantitative estimate of drug-likeness (QED) is 0.569. The van der Waals surface area contributed by atoms with Gasteiger partial charge in [-0.1, -0.05) is 47.7 Å². The third-order valence-electron chi connectivity index (χ3n) is 3.33. The van der Waals surface area contributed by atoms with Crippen molar-refractivity contribution >= 4 is 28.4 Å². The van der Waals surface area contributed by atoms with Gasteiger partial charge in [0.25, 0.3) is 0 Å². The molecule has 0 amide bonds. The van der Waals surface area contributed by atoms with Crippen LogP contribution in [0.2, 0.25) is 0 Å². The number of hydrogen-bond acceptors (Lipinski definition) is 4. The fourth-order valence-electron chi connectivity index (χ4n) is 2.21. The Labute approximate surface area is 135 Å². The standard InChI is InChI=1S/C17H11FN4S/c18-14-9-7-13(8-10-14)16-19-20-17-22(16)21-15(23-17)11-6-12-4-2-1-3-5-12/h1-11H. The summed E-state index contributed by atoms with van der Waals surface area (Å²) in [5.74, 6) is 0.329. The maximum Gasteiger partial charge on any atom is 0.235 e. The molecule has 0 saturated heterocycles. The lowest BCUT2D eigenvalue weighted by atomic mass is 10.2. The topological polar surface area (TPSA) is 43.1 Å². The van der Waals surface area contributed by atoms with Gasteiger partial charge >= 0.3 is 0 Å². The highest BCUT2D eigenvalue weighted by molar-refractivity contribution is 7.17. The predicted octanol–water partition coefficient (Wildman–Crippen LogP) is 4.16.